The van der Waals surface area contributed by atoms with Gasteiger partial charge in [-0.2, -0.15) is 0 Å². The van der Waals surface area contributed by atoms with Gasteiger partial charge in [-0.3, -0.25) is 14.5 Å². The highest BCUT2D eigenvalue weighted by Crippen LogP contribution is 2.40. The van der Waals surface area contributed by atoms with Gasteiger partial charge in [-0.25, -0.2) is 4.79 Å². The second-order valence-electron chi connectivity index (χ2n) is 8.82. The van der Waals surface area contributed by atoms with Gasteiger partial charge in [-0.05, 0) is 88.0 Å². The summed E-state index contributed by atoms with van der Waals surface area (Å²) < 4.78 is 17.7. The van der Waals surface area contributed by atoms with Crippen molar-refractivity contribution >= 4 is 73.3 Å². The Bertz CT molecular complexity index is 1690. The van der Waals surface area contributed by atoms with E-state index in [1.165, 1.54) is 11.0 Å². The largest absolute Gasteiger partial charge is 0.491 e. The molecular weight excluding hydrogens is 630 g/mol. The third kappa shape index (κ3) is 6.59. The second-order valence-corrected chi connectivity index (χ2v) is 11.1. The zero-order valence-corrected chi connectivity index (χ0v) is 24.9. The molecule has 1 saturated heterocycles. The van der Waals surface area contributed by atoms with E-state index < -0.39 is 11.9 Å². The number of benzene rings is 4. The highest BCUT2D eigenvalue weighted by molar-refractivity contribution is 9.10. The first kappa shape index (κ1) is 28.7. The molecule has 0 saturated carbocycles. The van der Waals surface area contributed by atoms with Crippen LogP contribution in [0.15, 0.2) is 88.2 Å². The van der Waals surface area contributed by atoms with E-state index in [1.54, 1.807) is 43.3 Å². The molecule has 1 heterocycles. The van der Waals surface area contributed by atoms with Gasteiger partial charge in [0.05, 0.1) is 28.1 Å². The van der Waals surface area contributed by atoms with Crippen molar-refractivity contribution in [2.75, 3.05) is 19.8 Å². The molecule has 7 nitrogen and oxygen atoms in total. The summed E-state index contributed by atoms with van der Waals surface area (Å²) in [5.41, 5.74) is 0.870. The van der Waals surface area contributed by atoms with Crippen molar-refractivity contribution in [2.24, 2.45) is 0 Å². The van der Waals surface area contributed by atoms with E-state index in [0.717, 1.165) is 22.5 Å². The average Bonchev–Trinajstić information content (AvgIpc) is 3.22. The molecule has 4 aromatic rings. The predicted octanol–water partition coefficient (Wildman–Crippen LogP) is 7.99. The number of carbonyl (C=O) groups excluding carboxylic acids is 3. The van der Waals surface area contributed by atoms with Crippen molar-refractivity contribution in [2.45, 2.75) is 6.92 Å². The van der Waals surface area contributed by atoms with Gasteiger partial charge in [0.15, 0.2) is 11.5 Å². The van der Waals surface area contributed by atoms with Crippen molar-refractivity contribution in [1.29, 1.82) is 0 Å². The van der Waals surface area contributed by atoms with Crippen LogP contribution in [0.1, 0.15) is 22.8 Å². The monoisotopic (exact) mass is 651 g/mol. The number of halogens is 2. The fourth-order valence-electron chi connectivity index (χ4n) is 4.21. The van der Waals surface area contributed by atoms with Crippen LogP contribution in [0.4, 0.5) is 4.79 Å². The summed E-state index contributed by atoms with van der Waals surface area (Å²) in [6, 6.07) is 23.4. The predicted molar refractivity (Wildman–Crippen MR) is 164 cm³/mol. The molecule has 0 atom stereocenters. The zero-order valence-electron chi connectivity index (χ0n) is 21.8. The molecule has 2 amide bonds. The van der Waals surface area contributed by atoms with Crippen molar-refractivity contribution in [1.82, 2.24) is 4.90 Å². The molecule has 0 aromatic heterocycles. The molecule has 0 N–H and O–H groups in total. The summed E-state index contributed by atoms with van der Waals surface area (Å²) in [4.78, 5) is 39.9. The number of ether oxygens (including phenoxy) is 3. The second kappa shape index (κ2) is 12.8. The van der Waals surface area contributed by atoms with Crippen molar-refractivity contribution in [3.63, 3.8) is 0 Å². The number of rotatable bonds is 9. The van der Waals surface area contributed by atoms with Crippen LogP contribution in [0.3, 0.4) is 0 Å². The zero-order chi connectivity index (χ0) is 28.9. The molecular formula is C31H23BrClNO6S. The Kier molecular flexibility index (Phi) is 8.97. The number of hydrogen-bond donors (Lipinski definition) is 0. The fraction of sp³-hybridized carbons (Fsp3) is 0.129. The quantitative estimate of drug-likeness (QED) is 0.103. The lowest BCUT2D eigenvalue weighted by Crippen LogP contribution is -2.32. The Labute approximate surface area is 254 Å². The number of imide groups is 1. The van der Waals surface area contributed by atoms with Crippen LogP contribution < -0.4 is 14.2 Å². The van der Waals surface area contributed by atoms with Crippen molar-refractivity contribution in [3.05, 3.63) is 104 Å². The molecule has 4 aromatic carbocycles. The number of nitrogens with zero attached hydrogens (tertiary/aromatic N) is 1. The van der Waals surface area contributed by atoms with Crippen LogP contribution in [-0.4, -0.2) is 41.8 Å². The minimum Gasteiger partial charge on any atom is -0.491 e. The maximum Gasteiger partial charge on any atom is 0.343 e. The van der Waals surface area contributed by atoms with Crippen molar-refractivity contribution < 1.29 is 28.6 Å². The first-order valence-electron chi connectivity index (χ1n) is 12.6. The summed E-state index contributed by atoms with van der Waals surface area (Å²) in [6.45, 7) is 2.38. The van der Waals surface area contributed by atoms with E-state index >= 15 is 0 Å². The maximum absolute atomic E-state index is 13.1. The Morgan fingerprint density at radius 2 is 1.76 bits per heavy atom. The summed E-state index contributed by atoms with van der Waals surface area (Å²) >= 11 is 10.3. The molecule has 0 bridgehead atoms. The smallest absolute Gasteiger partial charge is 0.343 e. The average molecular weight is 653 g/mol. The summed E-state index contributed by atoms with van der Waals surface area (Å²) in [6.07, 6.45) is 1.60. The first-order chi connectivity index (χ1) is 19.8. The lowest BCUT2D eigenvalue weighted by Gasteiger charge is -2.14. The Hall–Kier alpha value is -3.79. The van der Waals surface area contributed by atoms with Crippen molar-refractivity contribution in [3.8, 4) is 17.2 Å². The topological polar surface area (TPSA) is 82.1 Å². The van der Waals surface area contributed by atoms with Crippen LogP contribution in [-0.2, 0) is 4.79 Å². The molecule has 1 aliphatic heterocycles. The van der Waals surface area contributed by atoms with Gasteiger partial charge in [0, 0.05) is 10.4 Å². The van der Waals surface area contributed by atoms with E-state index in [-0.39, 0.29) is 34.6 Å². The van der Waals surface area contributed by atoms with Gasteiger partial charge in [0.2, 0.25) is 0 Å². The number of amides is 2. The third-order valence-corrected chi connectivity index (χ3v) is 7.81. The Morgan fingerprint density at radius 1 is 0.976 bits per heavy atom. The SMILES string of the molecule is CCOc1cc(/C=C2\SC(=O)N(CCOc3cccc4ccccc34)C2=O)cc(Br)c1OC(=O)c1cccc(Cl)c1. The highest BCUT2D eigenvalue weighted by atomic mass is 79.9. The van der Waals surface area contributed by atoms with Gasteiger partial charge < -0.3 is 14.2 Å². The molecule has 208 valence electrons. The van der Waals surface area contributed by atoms with Gasteiger partial charge in [0.25, 0.3) is 11.1 Å². The highest BCUT2D eigenvalue weighted by Gasteiger charge is 2.35. The summed E-state index contributed by atoms with van der Waals surface area (Å²) in [7, 11) is 0. The third-order valence-electron chi connectivity index (χ3n) is 6.08. The van der Waals surface area contributed by atoms with Crippen LogP contribution >= 0.6 is 39.3 Å². The molecule has 1 aliphatic rings. The minimum absolute atomic E-state index is 0.109. The van der Waals surface area contributed by atoms with Crippen LogP contribution in [0.5, 0.6) is 17.2 Å². The van der Waals surface area contributed by atoms with Gasteiger partial charge in [-0.1, -0.05) is 54.1 Å². The van der Waals surface area contributed by atoms with E-state index in [4.69, 9.17) is 25.8 Å². The van der Waals surface area contributed by atoms with Gasteiger partial charge in [-0.15, -0.1) is 0 Å². The normalized spacial score (nSPS) is 14.1. The number of fused-ring (bicyclic) bond motifs is 1. The molecule has 0 aliphatic carbocycles. The maximum atomic E-state index is 13.1. The van der Waals surface area contributed by atoms with E-state index in [1.807, 2.05) is 42.5 Å². The first-order valence-corrected chi connectivity index (χ1v) is 14.6. The van der Waals surface area contributed by atoms with E-state index in [2.05, 4.69) is 15.9 Å². The summed E-state index contributed by atoms with van der Waals surface area (Å²) in [5, 5.41) is 2.04. The Balaban J connectivity index is 1.30. The Morgan fingerprint density at radius 3 is 2.56 bits per heavy atom. The number of thioether (sulfide) groups is 1. The molecule has 41 heavy (non-hydrogen) atoms. The lowest BCUT2D eigenvalue weighted by molar-refractivity contribution is -0.123. The molecule has 5 rings (SSSR count). The fourth-order valence-corrected chi connectivity index (χ4v) is 5.81. The molecule has 0 spiro atoms. The van der Waals surface area contributed by atoms with E-state index in [9.17, 15) is 14.4 Å². The number of esters is 1. The molecule has 10 heteroatoms. The van der Waals surface area contributed by atoms with Crippen LogP contribution in [0, 0.1) is 0 Å². The summed E-state index contributed by atoms with van der Waals surface area (Å²) in [5.74, 6) is 0.162. The molecule has 1 fully saturated rings. The minimum atomic E-state index is -0.603. The van der Waals surface area contributed by atoms with Gasteiger partial charge in [0.1, 0.15) is 12.4 Å². The number of carbonyl (C=O) groups is 3. The van der Waals surface area contributed by atoms with Crippen LogP contribution in [0.2, 0.25) is 5.02 Å². The van der Waals surface area contributed by atoms with Gasteiger partial charge >= 0.3 is 5.97 Å². The molecule has 0 unspecified atom stereocenters. The molecule has 0 radical (unpaired) electrons. The lowest BCUT2D eigenvalue weighted by atomic mass is 10.1. The van der Waals surface area contributed by atoms with Crippen LogP contribution in [0.25, 0.3) is 16.8 Å². The standard InChI is InChI=1S/C31H23BrClNO6S/c1-2-38-26-16-19(15-24(32)28(26)40-30(36)21-9-5-10-22(33)18-21)17-27-29(35)34(31(37)41-27)13-14-39-25-12-6-8-20-7-3-4-11-23(20)25/h3-12,15-18H,2,13-14H2,1H3/b27-17-. The number of hydrogen-bond acceptors (Lipinski definition) is 7. The van der Waals surface area contributed by atoms with E-state index in [0.29, 0.717) is 33.2 Å².